The quantitative estimate of drug-likeness (QED) is 0.808. The molecule has 1 unspecified atom stereocenters. The van der Waals surface area contributed by atoms with Gasteiger partial charge in [-0.05, 0) is 23.3 Å². The molecule has 0 saturated carbocycles. The summed E-state index contributed by atoms with van der Waals surface area (Å²) in [5.41, 5.74) is 0. The summed E-state index contributed by atoms with van der Waals surface area (Å²) in [6, 6.07) is 4.09. The van der Waals surface area contributed by atoms with Crippen molar-refractivity contribution in [2.75, 3.05) is 19.6 Å². The first-order valence-corrected chi connectivity index (χ1v) is 8.10. The molecule has 1 amide bonds. The van der Waals surface area contributed by atoms with Crippen LogP contribution in [-0.4, -0.2) is 41.5 Å². The Hall–Kier alpha value is -1.40. The molecule has 1 fully saturated rings. The molecule has 2 rings (SSSR count). The van der Waals surface area contributed by atoms with Crippen LogP contribution in [0.3, 0.4) is 0 Å². The molecule has 6 heteroatoms. The Labute approximate surface area is 129 Å². The fraction of sp³-hybridized carbons (Fsp3) is 0.600. The molecule has 1 aliphatic heterocycles. The highest BCUT2D eigenvalue weighted by Gasteiger charge is 2.30. The SMILES string of the molecule is CC(C)C(NC(=O)CN1CC(CC(=O)O)C1)c1cccs1. The molecule has 1 aromatic rings. The zero-order valence-electron chi connectivity index (χ0n) is 12.4. The van der Waals surface area contributed by atoms with E-state index in [-0.39, 0.29) is 24.3 Å². The van der Waals surface area contributed by atoms with Crippen LogP contribution in [0, 0.1) is 11.8 Å². The number of carbonyl (C=O) groups is 2. The molecule has 1 atom stereocenters. The van der Waals surface area contributed by atoms with Crippen LogP contribution in [0.25, 0.3) is 0 Å². The Bertz CT molecular complexity index is 481. The van der Waals surface area contributed by atoms with Gasteiger partial charge >= 0.3 is 5.97 Å². The predicted molar refractivity (Wildman–Crippen MR) is 82.2 cm³/mol. The number of nitrogens with one attached hydrogen (secondary N) is 1. The van der Waals surface area contributed by atoms with E-state index in [1.165, 1.54) is 4.88 Å². The second-order valence-electron chi connectivity index (χ2n) is 5.96. The molecule has 1 aromatic heterocycles. The van der Waals surface area contributed by atoms with E-state index in [0.717, 1.165) is 0 Å². The first-order chi connectivity index (χ1) is 9.95. The standard InChI is InChI=1S/C15H22N2O3S/c1-10(2)15(12-4-3-5-21-12)16-13(18)9-17-7-11(8-17)6-14(19)20/h3-5,10-11,15H,6-9H2,1-2H3,(H,16,18)(H,19,20). The summed E-state index contributed by atoms with van der Waals surface area (Å²) in [5.74, 6) is -0.227. The van der Waals surface area contributed by atoms with Crippen LogP contribution in [0.2, 0.25) is 0 Å². The number of aliphatic carboxylic acids is 1. The topological polar surface area (TPSA) is 69.6 Å². The number of amides is 1. The van der Waals surface area contributed by atoms with Crippen LogP contribution in [0.4, 0.5) is 0 Å². The number of hydrogen-bond acceptors (Lipinski definition) is 4. The van der Waals surface area contributed by atoms with Crippen molar-refractivity contribution in [3.8, 4) is 0 Å². The van der Waals surface area contributed by atoms with Gasteiger partial charge in [-0.3, -0.25) is 14.5 Å². The minimum atomic E-state index is -0.762. The Morgan fingerprint density at radius 3 is 2.71 bits per heavy atom. The van der Waals surface area contributed by atoms with Gasteiger partial charge in [0.1, 0.15) is 0 Å². The molecule has 0 aliphatic carbocycles. The lowest BCUT2D eigenvalue weighted by Crippen LogP contribution is -2.51. The lowest BCUT2D eigenvalue weighted by molar-refractivity contribution is -0.139. The molecule has 116 valence electrons. The smallest absolute Gasteiger partial charge is 0.303 e. The number of carbonyl (C=O) groups excluding carboxylic acids is 1. The van der Waals surface area contributed by atoms with E-state index in [4.69, 9.17) is 5.11 Å². The van der Waals surface area contributed by atoms with Crippen molar-refractivity contribution in [3.63, 3.8) is 0 Å². The molecule has 1 saturated heterocycles. The van der Waals surface area contributed by atoms with Crippen molar-refractivity contribution in [1.29, 1.82) is 0 Å². The van der Waals surface area contributed by atoms with E-state index in [9.17, 15) is 9.59 Å². The fourth-order valence-electron chi connectivity index (χ4n) is 2.64. The van der Waals surface area contributed by atoms with Gasteiger partial charge in [-0.15, -0.1) is 11.3 Å². The van der Waals surface area contributed by atoms with Gasteiger partial charge in [0, 0.05) is 18.0 Å². The van der Waals surface area contributed by atoms with Crippen molar-refractivity contribution in [3.05, 3.63) is 22.4 Å². The third-order valence-electron chi connectivity index (χ3n) is 3.70. The highest BCUT2D eigenvalue weighted by molar-refractivity contribution is 7.10. The van der Waals surface area contributed by atoms with Crippen LogP contribution in [0.1, 0.15) is 31.2 Å². The number of nitrogens with zero attached hydrogens (tertiary/aromatic N) is 1. The van der Waals surface area contributed by atoms with Gasteiger partial charge in [-0.1, -0.05) is 19.9 Å². The summed E-state index contributed by atoms with van der Waals surface area (Å²) in [6.45, 7) is 5.94. The highest BCUT2D eigenvalue weighted by atomic mass is 32.1. The summed E-state index contributed by atoms with van der Waals surface area (Å²) in [5, 5.41) is 13.8. The largest absolute Gasteiger partial charge is 0.481 e. The summed E-state index contributed by atoms with van der Waals surface area (Å²) in [6.07, 6.45) is 0.196. The van der Waals surface area contributed by atoms with Crippen LogP contribution < -0.4 is 5.32 Å². The average Bonchev–Trinajstić information content (AvgIpc) is 2.85. The van der Waals surface area contributed by atoms with Gasteiger partial charge in [0.25, 0.3) is 0 Å². The molecule has 0 bridgehead atoms. The summed E-state index contributed by atoms with van der Waals surface area (Å²) < 4.78 is 0. The van der Waals surface area contributed by atoms with Gasteiger partial charge in [-0.25, -0.2) is 0 Å². The van der Waals surface area contributed by atoms with Crippen molar-refractivity contribution in [2.24, 2.45) is 11.8 Å². The summed E-state index contributed by atoms with van der Waals surface area (Å²) >= 11 is 1.65. The number of rotatable bonds is 7. The molecule has 2 N–H and O–H groups in total. The number of carboxylic acid groups (broad SMARTS) is 1. The zero-order valence-corrected chi connectivity index (χ0v) is 13.2. The Morgan fingerprint density at radius 1 is 1.48 bits per heavy atom. The molecule has 0 aromatic carbocycles. The number of hydrogen-bond donors (Lipinski definition) is 2. The first kappa shape index (κ1) is 16.0. The maximum absolute atomic E-state index is 12.1. The van der Waals surface area contributed by atoms with Crippen molar-refractivity contribution >= 4 is 23.2 Å². The second-order valence-corrected chi connectivity index (χ2v) is 6.94. The average molecular weight is 310 g/mol. The van der Waals surface area contributed by atoms with Crippen LogP contribution >= 0.6 is 11.3 Å². The molecule has 21 heavy (non-hydrogen) atoms. The maximum Gasteiger partial charge on any atom is 0.303 e. The van der Waals surface area contributed by atoms with Crippen molar-refractivity contribution in [2.45, 2.75) is 26.3 Å². The van der Waals surface area contributed by atoms with Crippen molar-refractivity contribution < 1.29 is 14.7 Å². The summed E-state index contributed by atoms with van der Waals surface area (Å²) in [4.78, 5) is 25.9. The molecular weight excluding hydrogens is 288 g/mol. The number of thiophene rings is 1. The van der Waals surface area contributed by atoms with Gasteiger partial charge in [-0.2, -0.15) is 0 Å². The highest BCUT2D eigenvalue weighted by Crippen LogP contribution is 2.26. The lowest BCUT2D eigenvalue weighted by atomic mass is 9.96. The van der Waals surface area contributed by atoms with Crippen LogP contribution in [-0.2, 0) is 9.59 Å². The maximum atomic E-state index is 12.1. The Balaban J connectivity index is 1.78. The number of likely N-dealkylation sites (tertiary alicyclic amines) is 1. The van der Waals surface area contributed by atoms with E-state index < -0.39 is 5.97 Å². The Kier molecular flexibility index (Phi) is 5.36. The monoisotopic (exact) mass is 310 g/mol. The molecule has 0 radical (unpaired) electrons. The summed E-state index contributed by atoms with van der Waals surface area (Å²) in [7, 11) is 0. The van der Waals surface area contributed by atoms with E-state index >= 15 is 0 Å². The van der Waals surface area contributed by atoms with E-state index in [1.54, 1.807) is 11.3 Å². The van der Waals surface area contributed by atoms with Crippen LogP contribution in [0.15, 0.2) is 17.5 Å². The fourth-order valence-corrected chi connectivity index (χ4v) is 3.59. The van der Waals surface area contributed by atoms with Crippen LogP contribution in [0.5, 0.6) is 0 Å². The molecule has 5 nitrogen and oxygen atoms in total. The predicted octanol–water partition coefficient (Wildman–Crippen LogP) is 1.97. The second kappa shape index (κ2) is 7.04. The van der Waals surface area contributed by atoms with Gasteiger partial charge in [0.05, 0.1) is 19.0 Å². The lowest BCUT2D eigenvalue weighted by Gasteiger charge is -2.38. The van der Waals surface area contributed by atoms with Gasteiger partial charge < -0.3 is 10.4 Å². The molecule has 2 heterocycles. The molecular formula is C15H22N2O3S. The van der Waals surface area contributed by atoms with E-state index in [2.05, 4.69) is 19.2 Å². The van der Waals surface area contributed by atoms with E-state index in [0.29, 0.717) is 25.6 Å². The first-order valence-electron chi connectivity index (χ1n) is 7.22. The minimum absolute atomic E-state index is 0.0101. The number of carboxylic acids is 1. The van der Waals surface area contributed by atoms with Gasteiger partial charge in [0.15, 0.2) is 0 Å². The third-order valence-corrected chi connectivity index (χ3v) is 4.65. The van der Waals surface area contributed by atoms with Crippen molar-refractivity contribution in [1.82, 2.24) is 10.2 Å². The minimum Gasteiger partial charge on any atom is -0.481 e. The normalized spacial score (nSPS) is 17.5. The molecule has 0 spiro atoms. The van der Waals surface area contributed by atoms with E-state index in [1.807, 2.05) is 22.4 Å². The third kappa shape index (κ3) is 4.54. The van der Waals surface area contributed by atoms with Gasteiger partial charge in [0.2, 0.25) is 5.91 Å². The molecule has 1 aliphatic rings. The zero-order chi connectivity index (χ0) is 15.4. The Morgan fingerprint density at radius 2 is 2.19 bits per heavy atom.